The quantitative estimate of drug-likeness (QED) is 0.881. The number of carbonyl (C=O) groups is 1. The van der Waals surface area contributed by atoms with E-state index in [0.29, 0.717) is 5.92 Å². The van der Waals surface area contributed by atoms with E-state index in [9.17, 15) is 4.79 Å². The van der Waals surface area contributed by atoms with Gasteiger partial charge in [-0.25, -0.2) is 0 Å². The van der Waals surface area contributed by atoms with Crippen LogP contribution in [0.2, 0.25) is 0 Å². The van der Waals surface area contributed by atoms with Gasteiger partial charge in [0.05, 0.1) is 0 Å². The van der Waals surface area contributed by atoms with Gasteiger partial charge in [0.25, 0.3) is 0 Å². The number of aryl methyl sites for hydroxylation is 1. The van der Waals surface area contributed by atoms with Gasteiger partial charge in [0.1, 0.15) is 0 Å². The second-order valence-corrected chi connectivity index (χ2v) is 6.87. The Morgan fingerprint density at radius 3 is 3.05 bits per heavy atom. The fraction of sp³-hybridized carbons (Fsp3) is 0.526. The van der Waals surface area contributed by atoms with Crippen molar-refractivity contribution in [3.05, 3.63) is 35.5 Å². The molecule has 3 heteroatoms. The highest BCUT2D eigenvalue weighted by atomic mass is 16.1. The van der Waals surface area contributed by atoms with E-state index in [4.69, 9.17) is 0 Å². The number of aromatic amines is 1. The Morgan fingerprint density at radius 1 is 1.36 bits per heavy atom. The molecule has 1 aromatic carbocycles. The van der Waals surface area contributed by atoms with Crippen LogP contribution in [0.4, 0.5) is 0 Å². The highest BCUT2D eigenvalue weighted by Gasteiger charge is 2.24. The molecule has 1 aromatic heterocycles. The van der Waals surface area contributed by atoms with Crippen molar-refractivity contribution in [2.75, 3.05) is 6.54 Å². The molecule has 1 unspecified atom stereocenters. The lowest BCUT2D eigenvalue weighted by Gasteiger charge is -2.25. The number of carbonyl (C=O) groups excluding carboxylic acids is 1. The van der Waals surface area contributed by atoms with E-state index in [1.807, 2.05) is 0 Å². The lowest BCUT2D eigenvalue weighted by atomic mass is 9.82. The largest absolute Gasteiger partial charge is 0.361 e. The molecule has 2 aromatic rings. The molecule has 22 heavy (non-hydrogen) atoms. The smallest absolute Gasteiger partial charge is 0.223 e. The van der Waals surface area contributed by atoms with Crippen molar-refractivity contribution in [2.45, 2.75) is 46.0 Å². The number of nitrogens with one attached hydrogen (secondary N) is 2. The Balaban J connectivity index is 1.54. The highest BCUT2D eigenvalue weighted by molar-refractivity contribution is 5.84. The van der Waals surface area contributed by atoms with Gasteiger partial charge in [-0.05, 0) is 49.3 Å². The molecule has 118 valence electrons. The SMILES string of the molecule is Cc1ccc2c(CCNC(=O)[C@H]3CCCC(C)C3)c[nH]c2c1. The van der Waals surface area contributed by atoms with Crippen LogP contribution in [0.1, 0.15) is 43.7 Å². The molecule has 1 aliphatic rings. The number of amides is 1. The standard InChI is InChI=1S/C19H26N2O/c1-13-4-3-5-15(10-13)19(22)20-9-8-16-12-21-18-11-14(2)6-7-17(16)18/h6-7,11-13,15,21H,3-5,8-10H2,1-2H3,(H,20,22)/t13?,15-/m0/s1. The third-order valence-corrected chi connectivity index (χ3v) is 4.92. The van der Waals surface area contributed by atoms with E-state index in [1.54, 1.807) is 0 Å². The molecule has 2 atom stereocenters. The first-order valence-electron chi connectivity index (χ1n) is 8.48. The van der Waals surface area contributed by atoms with Crippen LogP contribution < -0.4 is 5.32 Å². The molecule has 1 aliphatic carbocycles. The zero-order valence-electron chi connectivity index (χ0n) is 13.6. The third-order valence-electron chi connectivity index (χ3n) is 4.92. The number of fused-ring (bicyclic) bond motifs is 1. The zero-order chi connectivity index (χ0) is 15.5. The van der Waals surface area contributed by atoms with Crippen molar-refractivity contribution < 1.29 is 4.79 Å². The fourth-order valence-electron chi connectivity index (χ4n) is 3.64. The van der Waals surface area contributed by atoms with E-state index in [2.05, 4.69) is 48.5 Å². The van der Waals surface area contributed by atoms with Gasteiger partial charge in [-0.1, -0.05) is 31.9 Å². The number of aromatic nitrogens is 1. The fourth-order valence-corrected chi connectivity index (χ4v) is 3.64. The Hall–Kier alpha value is -1.77. The molecule has 3 rings (SSSR count). The molecular formula is C19H26N2O. The minimum absolute atomic E-state index is 0.231. The molecular weight excluding hydrogens is 272 g/mol. The summed E-state index contributed by atoms with van der Waals surface area (Å²) in [5.41, 5.74) is 3.73. The molecule has 3 nitrogen and oxygen atoms in total. The van der Waals surface area contributed by atoms with Crippen molar-refractivity contribution in [1.29, 1.82) is 0 Å². The van der Waals surface area contributed by atoms with E-state index in [-0.39, 0.29) is 11.8 Å². The number of hydrogen-bond acceptors (Lipinski definition) is 1. The first-order chi connectivity index (χ1) is 10.6. The number of rotatable bonds is 4. The second kappa shape index (κ2) is 6.55. The van der Waals surface area contributed by atoms with Gasteiger partial charge in [-0.2, -0.15) is 0 Å². The van der Waals surface area contributed by atoms with Gasteiger partial charge in [0, 0.05) is 29.6 Å². The molecule has 0 bridgehead atoms. The van der Waals surface area contributed by atoms with Gasteiger partial charge >= 0.3 is 0 Å². The number of hydrogen-bond donors (Lipinski definition) is 2. The van der Waals surface area contributed by atoms with Gasteiger partial charge in [0.15, 0.2) is 0 Å². The summed E-state index contributed by atoms with van der Waals surface area (Å²) >= 11 is 0. The van der Waals surface area contributed by atoms with Crippen molar-refractivity contribution >= 4 is 16.8 Å². The molecule has 1 heterocycles. The summed E-state index contributed by atoms with van der Waals surface area (Å²) in [6.45, 7) is 5.09. The minimum atomic E-state index is 0.231. The monoisotopic (exact) mass is 298 g/mol. The molecule has 0 aliphatic heterocycles. The molecule has 0 spiro atoms. The van der Waals surface area contributed by atoms with Crippen LogP contribution in [0.25, 0.3) is 10.9 Å². The predicted molar refractivity (Wildman–Crippen MR) is 90.9 cm³/mol. The van der Waals surface area contributed by atoms with Crippen LogP contribution in [0.5, 0.6) is 0 Å². The van der Waals surface area contributed by atoms with Crippen LogP contribution in [0.15, 0.2) is 24.4 Å². The topological polar surface area (TPSA) is 44.9 Å². The van der Waals surface area contributed by atoms with Crippen LogP contribution in [-0.4, -0.2) is 17.4 Å². The predicted octanol–water partition coefficient (Wildman–Crippen LogP) is 3.96. The van der Waals surface area contributed by atoms with Crippen LogP contribution in [-0.2, 0) is 11.2 Å². The lowest BCUT2D eigenvalue weighted by Crippen LogP contribution is -2.34. The summed E-state index contributed by atoms with van der Waals surface area (Å²) in [6, 6.07) is 6.48. The Morgan fingerprint density at radius 2 is 2.23 bits per heavy atom. The van der Waals surface area contributed by atoms with Gasteiger partial charge in [-0.15, -0.1) is 0 Å². The summed E-state index contributed by atoms with van der Waals surface area (Å²) in [6.07, 6.45) is 7.54. The highest BCUT2D eigenvalue weighted by Crippen LogP contribution is 2.28. The van der Waals surface area contributed by atoms with Gasteiger partial charge in [-0.3, -0.25) is 4.79 Å². The summed E-state index contributed by atoms with van der Waals surface area (Å²) in [5.74, 6) is 1.18. The molecule has 1 fully saturated rings. The molecule has 1 amide bonds. The van der Waals surface area contributed by atoms with Crippen molar-refractivity contribution in [3.63, 3.8) is 0 Å². The van der Waals surface area contributed by atoms with Crippen LogP contribution >= 0.6 is 0 Å². The van der Waals surface area contributed by atoms with E-state index < -0.39 is 0 Å². The van der Waals surface area contributed by atoms with Crippen LogP contribution in [0, 0.1) is 18.8 Å². The van der Waals surface area contributed by atoms with E-state index >= 15 is 0 Å². The van der Waals surface area contributed by atoms with Crippen molar-refractivity contribution in [1.82, 2.24) is 10.3 Å². The Bertz CT molecular complexity index is 658. The number of benzene rings is 1. The maximum absolute atomic E-state index is 12.3. The lowest BCUT2D eigenvalue weighted by molar-refractivity contribution is -0.126. The number of H-pyrrole nitrogens is 1. The van der Waals surface area contributed by atoms with E-state index in [1.165, 1.54) is 34.9 Å². The second-order valence-electron chi connectivity index (χ2n) is 6.87. The summed E-state index contributed by atoms with van der Waals surface area (Å²) in [4.78, 5) is 15.6. The normalized spacial score (nSPS) is 21.9. The van der Waals surface area contributed by atoms with E-state index in [0.717, 1.165) is 25.8 Å². The molecule has 0 radical (unpaired) electrons. The Labute approximate surface area is 132 Å². The summed E-state index contributed by atoms with van der Waals surface area (Å²) in [7, 11) is 0. The zero-order valence-corrected chi connectivity index (χ0v) is 13.6. The van der Waals surface area contributed by atoms with Crippen molar-refractivity contribution in [2.24, 2.45) is 11.8 Å². The molecule has 0 saturated heterocycles. The van der Waals surface area contributed by atoms with Crippen molar-refractivity contribution in [3.8, 4) is 0 Å². The molecule has 1 saturated carbocycles. The maximum atomic E-state index is 12.3. The molecule has 2 N–H and O–H groups in total. The van der Waals surface area contributed by atoms with Gasteiger partial charge in [0.2, 0.25) is 5.91 Å². The third kappa shape index (κ3) is 3.34. The first kappa shape index (κ1) is 15.1. The minimum Gasteiger partial charge on any atom is -0.361 e. The summed E-state index contributed by atoms with van der Waals surface area (Å²) in [5, 5.41) is 4.40. The summed E-state index contributed by atoms with van der Waals surface area (Å²) < 4.78 is 0. The van der Waals surface area contributed by atoms with Crippen LogP contribution in [0.3, 0.4) is 0 Å². The average molecular weight is 298 g/mol. The first-order valence-corrected chi connectivity index (χ1v) is 8.48. The maximum Gasteiger partial charge on any atom is 0.223 e. The Kier molecular flexibility index (Phi) is 4.51. The van der Waals surface area contributed by atoms with Gasteiger partial charge < -0.3 is 10.3 Å². The average Bonchev–Trinajstić information content (AvgIpc) is 2.89.